The zero-order valence-electron chi connectivity index (χ0n) is 15.6. The highest BCUT2D eigenvalue weighted by atomic mass is 16.2. The van der Waals surface area contributed by atoms with E-state index in [2.05, 4.69) is 25.7 Å². The summed E-state index contributed by atoms with van der Waals surface area (Å²) in [6, 6.07) is 13.4. The van der Waals surface area contributed by atoms with E-state index in [4.69, 9.17) is 0 Å². The molecule has 0 aliphatic heterocycles. The molecule has 0 saturated carbocycles. The van der Waals surface area contributed by atoms with Crippen LogP contribution in [0.2, 0.25) is 0 Å². The molecule has 1 aromatic carbocycles. The largest absolute Gasteiger partial charge is 0.346 e. The average Bonchev–Trinajstić information content (AvgIpc) is 3.36. The highest BCUT2D eigenvalue weighted by Gasteiger charge is 2.18. The van der Waals surface area contributed by atoms with E-state index in [0.717, 1.165) is 16.8 Å². The third-order valence-corrected chi connectivity index (χ3v) is 4.38. The number of carbonyl (C=O) groups excluding carboxylic acids is 1. The normalized spacial score (nSPS) is 10.8. The molecule has 4 rings (SSSR count). The van der Waals surface area contributed by atoms with Gasteiger partial charge in [0, 0.05) is 30.7 Å². The van der Waals surface area contributed by atoms with E-state index in [1.165, 1.54) is 0 Å². The van der Waals surface area contributed by atoms with E-state index in [1.807, 2.05) is 62.5 Å². The number of aryl methyl sites for hydroxylation is 1. The maximum atomic E-state index is 12.7. The van der Waals surface area contributed by atoms with Crippen LogP contribution in [-0.2, 0) is 6.54 Å². The Morgan fingerprint density at radius 1 is 1.11 bits per heavy atom. The van der Waals surface area contributed by atoms with Gasteiger partial charge in [0.25, 0.3) is 5.91 Å². The lowest BCUT2D eigenvalue weighted by atomic mass is 10.2. The Labute approximate surface area is 161 Å². The number of hydrogen-bond acceptors (Lipinski definition) is 5. The van der Waals surface area contributed by atoms with Gasteiger partial charge < -0.3 is 5.32 Å². The lowest BCUT2D eigenvalue weighted by Gasteiger charge is -2.09. The van der Waals surface area contributed by atoms with Crippen LogP contribution in [0.3, 0.4) is 0 Å². The number of amides is 1. The molecule has 0 unspecified atom stereocenters. The minimum absolute atomic E-state index is 0.285. The molecule has 140 valence electrons. The zero-order valence-corrected chi connectivity index (χ0v) is 15.6. The van der Waals surface area contributed by atoms with Crippen LogP contribution in [-0.4, -0.2) is 35.7 Å². The quantitative estimate of drug-likeness (QED) is 0.580. The fourth-order valence-corrected chi connectivity index (χ4v) is 2.97. The third-order valence-electron chi connectivity index (χ3n) is 4.38. The summed E-state index contributed by atoms with van der Waals surface area (Å²) in [6.45, 7) is 4.14. The SMILES string of the molecule is Cc1cccc(-n2nnc(C(=O)NCc3cccnc3-n3cccn3)c2C)c1. The van der Waals surface area contributed by atoms with Crippen molar-refractivity contribution in [1.29, 1.82) is 0 Å². The lowest BCUT2D eigenvalue weighted by molar-refractivity contribution is 0.0945. The van der Waals surface area contributed by atoms with Crippen molar-refractivity contribution in [1.82, 2.24) is 35.1 Å². The van der Waals surface area contributed by atoms with Crippen LogP contribution in [0.4, 0.5) is 0 Å². The molecule has 28 heavy (non-hydrogen) atoms. The van der Waals surface area contributed by atoms with Gasteiger partial charge in [-0.15, -0.1) is 5.10 Å². The van der Waals surface area contributed by atoms with Crippen molar-refractivity contribution in [3.63, 3.8) is 0 Å². The molecule has 4 aromatic rings. The van der Waals surface area contributed by atoms with Crippen molar-refractivity contribution in [3.05, 3.63) is 83.6 Å². The van der Waals surface area contributed by atoms with E-state index in [9.17, 15) is 4.79 Å². The maximum Gasteiger partial charge on any atom is 0.274 e. The Bertz CT molecular complexity index is 1120. The molecule has 3 aromatic heterocycles. The Kier molecular flexibility index (Phi) is 4.67. The second-order valence-electron chi connectivity index (χ2n) is 6.39. The maximum absolute atomic E-state index is 12.7. The van der Waals surface area contributed by atoms with Gasteiger partial charge in [-0.25, -0.2) is 14.3 Å². The number of nitrogens with one attached hydrogen (secondary N) is 1. The highest BCUT2D eigenvalue weighted by molar-refractivity contribution is 5.93. The number of carbonyl (C=O) groups is 1. The van der Waals surface area contributed by atoms with Gasteiger partial charge in [-0.3, -0.25) is 4.79 Å². The van der Waals surface area contributed by atoms with Crippen molar-refractivity contribution < 1.29 is 4.79 Å². The number of aromatic nitrogens is 6. The van der Waals surface area contributed by atoms with Crippen molar-refractivity contribution in [2.75, 3.05) is 0 Å². The fraction of sp³-hybridized carbons (Fsp3) is 0.150. The first-order chi connectivity index (χ1) is 13.6. The molecule has 0 radical (unpaired) electrons. The summed E-state index contributed by atoms with van der Waals surface area (Å²) in [5.41, 5.74) is 3.81. The first kappa shape index (κ1) is 17.6. The van der Waals surface area contributed by atoms with Gasteiger partial charge >= 0.3 is 0 Å². The van der Waals surface area contributed by atoms with Crippen LogP contribution in [0.5, 0.6) is 0 Å². The molecular weight excluding hydrogens is 354 g/mol. The topological polar surface area (TPSA) is 90.5 Å². The van der Waals surface area contributed by atoms with Gasteiger partial charge in [0.05, 0.1) is 11.4 Å². The summed E-state index contributed by atoms with van der Waals surface area (Å²) in [4.78, 5) is 17.0. The zero-order chi connectivity index (χ0) is 19.5. The molecule has 0 saturated heterocycles. The number of benzene rings is 1. The summed E-state index contributed by atoms with van der Waals surface area (Å²) in [6.07, 6.45) is 5.19. The second kappa shape index (κ2) is 7.43. The Morgan fingerprint density at radius 3 is 2.79 bits per heavy atom. The van der Waals surface area contributed by atoms with Crippen LogP contribution in [0.1, 0.15) is 27.3 Å². The predicted octanol–water partition coefficient (Wildman–Crippen LogP) is 2.39. The van der Waals surface area contributed by atoms with Crippen LogP contribution >= 0.6 is 0 Å². The number of rotatable bonds is 5. The minimum atomic E-state index is -0.285. The molecule has 1 amide bonds. The Balaban J connectivity index is 1.53. The molecule has 0 aliphatic rings. The molecule has 0 bridgehead atoms. The Hall–Kier alpha value is -3.81. The first-order valence-corrected chi connectivity index (χ1v) is 8.85. The molecule has 1 N–H and O–H groups in total. The van der Waals surface area contributed by atoms with E-state index in [0.29, 0.717) is 23.8 Å². The molecule has 8 heteroatoms. The summed E-state index contributed by atoms with van der Waals surface area (Å²) in [7, 11) is 0. The minimum Gasteiger partial charge on any atom is -0.346 e. The van der Waals surface area contributed by atoms with Crippen LogP contribution < -0.4 is 5.32 Å². The van der Waals surface area contributed by atoms with Gasteiger partial charge in [-0.1, -0.05) is 23.4 Å². The third kappa shape index (κ3) is 3.39. The number of pyridine rings is 1. The van der Waals surface area contributed by atoms with Crippen molar-refractivity contribution in [2.24, 2.45) is 0 Å². The van der Waals surface area contributed by atoms with Gasteiger partial charge in [0.1, 0.15) is 0 Å². The van der Waals surface area contributed by atoms with Crippen LogP contribution in [0.15, 0.2) is 61.1 Å². The highest BCUT2D eigenvalue weighted by Crippen LogP contribution is 2.14. The van der Waals surface area contributed by atoms with E-state index < -0.39 is 0 Å². The molecular formula is C20H19N7O. The van der Waals surface area contributed by atoms with Crippen LogP contribution in [0, 0.1) is 13.8 Å². The van der Waals surface area contributed by atoms with Gasteiger partial charge in [0.15, 0.2) is 11.5 Å². The Morgan fingerprint density at radius 2 is 2.00 bits per heavy atom. The van der Waals surface area contributed by atoms with Crippen LogP contribution in [0.25, 0.3) is 11.5 Å². The van der Waals surface area contributed by atoms with Gasteiger partial charge in [-0.05, 0) is 43.7 Å². The van der Waals surface area contributed by atoms with E-state index in [-0.39, 0.29) is 5.91 Å². The summed E-state index contributed by atoms with van der Waals surface area (Å²) in [5.74, 6) is 0.389. The monoisotopic (exact) mass is 373 g/mol. The standard InChI is InChI=1S/C20H19N7O/c1-14-6-3-8-17(12-14)27-15(2)18(24-25-27)20(28)22-13-16-7-4-9-21-19(16)26-11-5-10-23-26/h3-12H,13H2,1-2H3,(H,22,28). The number of nitrogens with zero attached hydrogens (tertiary/aromatic N) is 6. The molecule has 0 atom stereocenters. The van der Waals surface area contributed by atoms with E-state index >= 15 is 0 Å². The van der Waals surface area contributed by atoms with E-state index in [1.54, 1.807) is 21.8 Å². The van der Waals surface area contributed by atoms with Gasteiger partial charge in [0.2, 0.25) is 0 Å². The molecule has 8 nitrogen and oxygen atoms in total. The predicted molar refractivity (Wildman–Crippen MR) is 103 cm³/mol. The second-order valence-corrected chi connectivity index (χ2v) is 6.39. The lowest BCUT2D eigenvalue weighted by Crippen LogP contribution is -2.25. The fourth-order valence-electron chi connectivity index (χ4n) is 2.97. The summed E-state index contributed by atoms with van der Waals surface area (Å²) < 4.78 is 3.34. The smallest absolute Gasteiger partial charge is 0.274 e. The van der Waals surface area contributed by atoms with Crippen molar-refractivity contribution >= 4 is 5.91 Å². The molecule has 3 heterocycles. The number of hydrogen-bond donors (Lipinski definition) is 1. The summed E-state index contributed by atoms with van der Waals surface area (Å²) in [5, 5.41) is 15.3. The van der Waals surface area contributed by atoms with Crippen molar-refractivity contribution in [2.45, 2.75) is 20.4 Å². The summed E-state index contributed by atoms with van der Waals surface area (Å²) >= 11 is 0. The van der Waals surface area contributed by atoms with Gasteiger partial charge in [-0.2, -0.15) is 5.10 Å². The van der Waals surface area contributed by atoms with Crippen molar-refractivity contribution in [3.8, 4) is 11.5 Å². The molecule has 0 fully saturated rings. The average molecular weight is 373 g/mol. The molecule has 0 aliphatic carbocycles. The molecule has 0 spiro atoms. The first-order valence-electron chi connectivity index (χ1n) is 8.85.